The molecular formula is C21H22N4O. The molecule has 0 spiro atoms. The Morgan fingerprint density at radius 2 is 2.04 bits per heavy atom. The first-order valence-corrected chi connectivity index (χ1v) is 8.61. The molecule has 1 fully saturated rings. The molecule has 5 heteroatoms. The molecule has 2 aliphatic rings. The molecule has 0 saturated heterocycles. The van der Waals surface area contributed by atoms with Gasteiger partial charge in [0.2, 0.25) is 11.9 Å². The normalized spacial score (nSPS) is 17.8. The lowest BCUT2D eigenvalue weighted by Crippen LogP contribution is -2.14. The van der Waals surface area contributed by atoms with Gasteiger partial charge in [-0.1, -0.05) is 50.3 Å². The van der Waals surface area contributed by atoms with Crippen LogP contribution >= 0.6 is 0 Å². The number of hydrogen-bond donors (Lipinski definition) is 1. The van der Waals surface area contributed by atoms with E-state index in [9.17, 15) is 4.79 Å². The first-order valence-electron chi connectivity index (χ1n) is 8.61. The molecule has 2 aromatic heterocycles. The Kier molecular flexibility index (Phi) is 4.77. The van der Waals surface area contributed by atoms with Gasteiger partial charge >= 0.3 is 0 Å². The highest BCUT2D eigenvalue weighted by Crippen LogP contribution is 2.31. The summed E-state index contributed by atoms with van der Waals surface area (Å²) in [5.74, 6) is 0.525. The van der Waals surface area contributed by atoms with Crippen molar-refractivity contribution in [3.05, 3.63) is 54.3 Å². The summed E-state index contributed by atoms with van der Waals surface area (Å²) in [6.07, 6.45) is 20.5. The summed E-state index contributed by atoms with van der Waals surface area (Å²) in [5, 5.41) is 7.32. The molecule has 2 aromatic rings. The van der Waals surface area contributed by atoms with E-state index in [-0.39, 0.29) is 17.2 Å². The van der Waals surface area contributed by atoms with Crippen molar-refractivity contribution < 1.29 is 4.79 Å². The lowest BCUT2D eigenvalue weighted by molar-refractivity contribution is -0.117. The predicted molar refractivity (Wildman–Crippen MR) is 104 cm³/mol. The van der Waals surface area contributed by atoms with Gasteiger partial charge in [-0.3, -0.25) is 10.1 Å². The van der Waals surface area contributed by atoms with Crippen LogP contribution in [-0.2, 0) is 4.79 Å². The number of amides is 1. The number of rotatable bonds is 3. The summed E-state index contributed by atoms with van der Waals surface area (Å²) in [7, 11) is 0. The highest BCUT2D eigenvalue weighted by atomic mass is 16.2. The molecule has 0 radical (unpaired) electrons. The minimum absolute atomic E-state index is 0.0198. The van der Waals surface area contributed by atoms with Crippen LogP contribution in [0.2, 0.25) is 0 Å². The fourth-order valence-corrected chi connectivity index (χ4v) is 2.85. The summed E-state index contributed by atoms with van der Waals surface area (Å²) >= 11 is 0. The molecule has 0 unspecified atom stereocenters. The number of fused-ring (bicyclic) bond motifs is 1. The number of aromatic nitrogens is 3. The Balaban J connectivity index is 0.000000948. The van der Waals surface area contributed by atoms with E-state index >= 15 is 0 Å². The maximum absolute atomic E-state index is 11.9. The molecule has 132 valence electrons. The van der Waals surface area contributed by atoms with Gasteiger partial charge in [0.15, 0.2) is 5.65 Å². The molecule has 0 bridgehead atoms. The van der Waals surface area contributed by atoms with Crippen LogP contribution in [0.3, 0.4) is 0 Å². The summed E-state index contributed by atoms with van der Waals surface area (Å²) in [6.45, 7) is 4.33. The number of pyridine rings is 1. The zero-order valence-corrected chi connectivity index (χ0v) is 15.0. The number of nitrogens with one attached hydrogen (secondary N) is 1. The van der Waals surface area contributed by atoms with Crippen LogP contribution in [0.4, 0.5) is 5.95 Å². The Bertz CT molecular complexity index is 939. The summed E-state index contributed by atoms with van der Waals surface area (Å²) in [6, 6.07) is 5.88. The first kappa shape index (κ1) is 17.7. The lowest BCUT2D eigenvalue weighted by atomic mass is 9.90. The van der Waals surface area contributed by atoms with Gasteiger partial charge in [0.1, 0.15) is 0 Å². The predicted octanol–water partition coefficient (Wildman–Crippen LogP) is 3.86. The average molecular weight is 346 g/mol. The fraction of sp³-hybridized carbons (Fsp3) is 0.286. The average Bonchev–Trinajstić information content (AvgIpc) is 3.41. The zero-order chi connectivity index (χ0) is 18.7. The van der Waals surface area contributed by atoms with Gasteiger partial charge in [-0.25, -0.2) is 4.52 Å². The highest BCUT2D eigenvalue weighted by molar-refractivity contribution is 5.92. The van der Waals surface area contributed by atoms with Crippen LogP contribution in [0.5, 0.6) is 0 Å². The topological polar surface area (TPSA) is 59.3 Å². The fourth-order valence-electron chi connectivity index (χ4n) is 2.85. The lowest BCUT2D eigenvalue weighted by Gasteiger charge is -2.15. The smallest absolute Gasteiger partial charge is 0.249 e. The first-order chi connectivity index (χ1) is 12.5. The number of carbonyl (C=O) groups excluding carboxylic acids is 1. The monoisotopic (exact) mass is 346 g/mol. The summed E-state index contributed by atoms with van der Waals surface area (Å²) < 4.78 is 1.79. The second kappa shape index (κ2) is 7.01. The second-order valence-corrected chi connectivity index (χ2v) is 7.02. The van der Waals surface area contributed by atoms with E-state index in [1.54, 1.807) is 4.52 Å². The van der Waals surface area contributed by atoms with Crippen LogP contribution in [0.25, 0.3) is 11.2 Å². The molecule has 5 nitrogen and oxygen atoms in total. The van der Waals surface area contributed by atoms with Crippen molar-refractivity contribution >= 4 is 23.1 Å². The molecule has 1 amide bonds. The molecule has 2 heterocycles. The van der Waals surface area contributed by atoms with Crippen LogP contribution in [0, 0.1) is 24.2 Å². The van der Waals surface area contributed by atoms with Crippen molar-refractivity contribution in [2.45, 2.75) is 26.7 Å². The quantitative estimate of drug-likeness (QED) is 0.859. The molecule has 0 aliphatic heterocycles. The van der Waals surface area contributed by atoms with E-state index in [2.05, 4.69) is 66.4 Å². The van der Waals surface area contributed by atoms with Crippen molar-refractivity contribution in [3.63, 3.8) is 0 Å². The van der Waals surface area contributed by atoms with Crippen LogP contribution in [-0.4, -0.2) is 20.5 Å². The number of anilines is 1. The van der Waals surface area contributed by atoms with E-state index in [1.807, 2.05) is 24.3 Å². The van der Waals surface area contributed by atoms with Gasteiger partial charge in [-0.05, 0) is 30.5 Å². The van der Waals surface area contributed by atoms with E-state index in [1.165, 1.54) is 0 Å². The number of nitrogens with zero attached hydrogens (tertiary/aromatic N) is 3. The third kappa shape index (κ3) is 3.75. The number of allylic oxidation sites excluding steroid dienone is 6. The van der Waals surface area contributed by atoms with Crippen molar-refractivity contribution in [3.8, 4) is 12.8 Å². The van der Waals surface area contributed by atoms with Crippen molar-refractivity contribution in [2.75, 3.05) is 5.32 Å². The minimum atomic E-state index is -0.0371. The largest absolute Gasteiger partial charge is 0.293 e. The SMILES string of the molecule is C#C.CC1(C)C=CC=CC(c2cccc3nc(NC(=O)C4CC4)nn23)=C1. The maximum atomic E-state index is 11.9. The van der Waals surface area contributed by atoms with Crippen LogP contribution < -0.4 is 5.32 Å². The number of hydrogen-bond acceptors (Lipinski definition) is 3. The van der Waals surface area contributed by atoms with Crippen molar-refractivity contribution in [1.29, 1.82) is 0 Å². The Hall–Kier alpha value is -3.13. The minimum Gasteiger partial charge on any atom is -0.293 e. The van der Waals surface area contributed by atoms with Gasteiger partial charge in [0.25, 0.3) is 0 Å². The van der Waals surface area contributed by atoms with Gasteiger partial charge in [-0.2, -0.15) is 4.98 Å². The second-order valence-electron chi connectivity index (χ2n) is 7.02. The molecule has 1 saturated carbocycles. The molecule has 4 rings (SSSR count). The highest BCUT2D eigenvalue weighted by Gasteiger charge is 2.30. The standard InChI is InChI=1S/C19H20N4O.C2H2/c1-19(2)11-4-3-6-14(12-19)15-7-5-8-16-20-18(22-23(15)16)21-17(24)13-9-10-13;1-2/h3-8,11-13H,9-10H2,1-2H3,(H,21,22,24);1-2H. The van der Waals surface area contributed by atoms with Gasteiger partial charge in [0.05, 0.1) is 5.69 Å². The molecular weight excluding hydrogens is 324 g/mol. The van der Waals surface area contributed by atoms with Crippen molar-refractivity contribution in [1.82, 2.24) is 14.6 Å². The van der Waals surface area contributed by atoms with E-state index in [0.29, 0.717) is 5.95 Å². The summed E-state index contributed by atoms with van der Waals surface area (Å²) in [5.41, 5.74) is 2.73. The van der Waals surface area contributed by atoms with E-state index in [4.69, 9.17) is 0 Å². The van der Waals surface area contributed by atoms with E-state index in [0.717, 1.165) is 29.8 Å². The third-order valence-electron chi connectivity index (χ3n) is 4.28. The Morgan fingerprint density at radius 1 is 1.27 bits per heavy atom. The molecule has 0 aromatic carbocycles. The molecule has 1 N–H and O–H groups in total. The summed E-state index contributed by atoms with van der Waals surface area (Å²) in [4.78, 5) is 16.4. The third-order valence-corrected chi connectivity index (χ3v) is 4.28. The Labute approximate surface area is 153 Å². The number of carbonyl (C=O) groups is 1. The van der Waals surface area contributed by atoms with Gasteiger partial charge in [-0.15, -0.1) is 17.9 Å². The molecule has 26 heavy (non-hydrogen) atoms. The van der Waals surface area contributed by atoms with Crippen LogP contribution in [0.1, 0.15) is 32.4 Å². The maximum Gasteiger partial charge on any atom is 0.249 e. The van der Waals surface area contributed by atoms with Crippen molar-refractivity contribution in [2.24, 2.45) is 11.3 Å². The number of terminal acetylenes is 1. The van der Waals surface area contributed by atoms with Crippen LogP contribution in [0.15, 0.2) is 48.6 Å². The van der Waals surface area contributed by atoms with Gasteiger partial charge in [0, 0.05) is 11.3 Å². The molecule has 2 aliphatic carbocycles. The zero-order valence-electron chi connectivity index (χ0n) is 15.0. The van der Waals surface area contributed by atoms with E-state index < -0.39 is 0 Å². The van der Waals surface area contributed by atoms with Gasteiger partial charge < -0.3 is 0 Å². The molecule has 0 atom stereocenters. The Morgan fingerprint density at radius 3 is 2.77 bits per heavy atom.